The number of rotatable bonds is 6. The summed E-state index contributed by atoms with van der Waals surface area (Å²) in [6, 6.07) is 4.06. The van der Waals surface area contributed by atoms with E-state index in [0.29, 0.717) is 13.1 Å². The van der Waals surface area contributed by atoms with Crippen molar-refractivity contribution in [3.8, 4) is 0 Å². The molecule has 1 aromatic carbocycles. The lowest BCUT2D eigenvalue weighted by molar-refractivity contribution is -0.124. The van der Waals surface area contributed by atoms with Crippen molar-refractivity contribution in [2.75, 3.05) is 25.0 Å². The quantitative estimate of drug-likeness (QED) is 0.840. The number of benzene rings is 1. The van der Waals surface area contributed by atoms with Crippen LogP contribution >= 0.6 is 15.9 Å². The van der Waals surface area contributed by atoms with E-state index in [1.165, 1.54) is 0 Å². The first-order chi connectivity index (χ1) is 10.1. The van der Waals surface area contributed by atoms with E-state index >= 15 is 0 Å². The highest BCUT2D eigenvalue weighted by Gasteiger charge is 2.19. The average Bonchev–Trinajstić information content (AvgIpc) is 2.91. The van der Waals surface area contributed by atoms with Crippen LogP contribution in [0.3, 0.4) is 0 Å². The van der Waals surface area contributed by atoms with Gasteiger partial charge in [0.05, 0.1) is 17.6 Å². The minimum Gasteiger partial charge on any atom is -0.373 e. The maximum atomic E-state index is 12.1. The lowest BCUT2D eigenvalue weighted by Crippen LogP contribution is -2.37. The third kappa shape index (κ3) is 3.56. The second-order valence-corrected chi connectivity index (χ2v) is 6.05. The van der Waals surface area contributed by atoms with Crippen LogP contribution in [-0.4, -0.2) is 36.2 Å². The van der Waals surface area contributed by atoms with Gasteiger partial charge >= 0.3 is 0 Å². The predicted octanol–water partition coefficient (Wildman–Crippen LogP) is 2.92. The Morgan fingerprint density at radius 1 is 1.48 bits per heavy atom. The smallest absolute Gasteiger partial charge is 0.224 e. The maximum absolute atomic E-state index is 12.1. The van der Waals surface area contributed by atoms with E-state index in [-0.39, 0.29) is 11.8 Å². The summed E-state index contributed by atoms with van der Waals surface area (Å²) < 4.78 is 0.993. The number of nitrogens with zero attached hydrogens (tertiary/aromatic N) is 2. The van der Waals surface area contributed by atoms with Crippen molar-refractivity contribution in [3.63, 3.8) is 0 Å². The number of amides is 1. The normalized spacial score (nSPS) is 12.4. The van der Waals surface area contributed by atoms with Gasteiger partial charge in [0.25, 0.3) is 0 Å². The van der Waals surface area contributed by atoms with Crippen LogP contribution in [0, 0.1) is 5.92 Å². The number of nitrogens with one attached hydrogen (secondary N) is 2. The highest BCUT2D eigenvalue weighted by Crippen LogP contribution is 2.29. The van der Waals surface area contributed by atoms with Crippen molar-refractivity contribution >= 4 is 38.4 Å². The first kappa shape index (κ1) is 15.8. The van der Waals surface area contributed by atoms with Gasteiger partial charge in [0.1, 0.15) is 0 Å². The Morgan fingerprint density at radius 2 is 2.24 bits per heavy atom. The molecule has 114 valence electrons. The molecule has 0 aliphatic rings. The van der Waals surface area contributed by atoms with Crippen LogP contribution in [0.1, 0.15) is 20.3 Å². The summed E-state index contributed by atoms with van der Waals surface area (Å²) in [4.78, 5) is 14.2. The lowest BCUT2D eigenvalue weighted by Gasteiger charge is -2.25. The third-order valence-corrected chi connectivity index (χ3v) is 4.08. The highest BCUT2D eigenvalue weighted by molar-refractivity contribution is 9.10. The Labute approximate surface area is 133 Å². The van der Waals surface area contributed by atoms with Crippen molar-refractivity contribution in [2.45, 2.75) is 20.3 Å². The van der Waals surface area contributed by atoms with Crippen molar-refractivity contribution in [3.05, 3.63) is 22.8 Å². The maximum Gasteiger partial charge on any atom is 0.224 e. The molecule has 0 saturated heterocycles. The fourth-order valence-electron chi connectivity index (χ4n) is 2.46. The van der Waals surface area contributed by atoms with Crippen LogP contribution < -0.4 is 10.2 Å². The molecular weight excluding hydrogens is 332 g/mol. The molecule has 5 nitrogen and oxygen atoms in total. The number of H-pyrrole nitrogens is 1. The zero-order chi connectivity index (χ0) is 15.4. The third-order valence-electron chi connectivity index (χ3n) is 3.62. The van der Waals surface area contributed by atoms with Crippen LogP contribution in [-0.2, 0) is 4.79 Å². The molecule has 1 atom stereocenters. The molecule has 1 aromatic heterocycles. The van der Waals surface area contributed by atoms with Crippen molar-refractivity contribution in [1.82, 2.24) is 15.5 Å². The summed E-state index contributed by atoms with van der Waals surface area (Å²) in [6.45, 7) is 5.33. The molecule has 21 heavy (non-hydrogen) atoms. The summed E-state index contributed by atoms with van der Waals surface area (Å²) in [5, 5.41) is 11.0. The topological polar surface area (TPSA) is 61.0 Å². The first-order valence-corrected chi connectivity index (χ1v) is 7.97. The van der Waals surface area contributed by atoms with E-state index < -0.39 is 0 Å². The number of halogens is 1. The number of aromatic nitrogens is 2. The van der Waals surface area contributed by atoms with Gasteiger partial charge in [0.15, 0.2) is 0 Å². The van der Waals surface area contributed by atoms with Gasteiger partial charge in [-0.15, -0.1) is 0 Å². The molecule has 0 radical (unpaired) electrons. The van der Waals surface area contributed by atoms with Gasteiger partial charge in [-0.2, -0.15) is 5.10 Å². The summed E-state index contributed by atoms with van der Waals surface area (Å²) >= 11 is 3.52. The van der Waals surface area contributed by atoms with Gasteiger partial charge in [0.2, 0.25) is 5.91 Å². The molecule has 2 aromatic rings. The highest BCUT2D eigenvalue weighted by atomic mass is 79.9. The summed E-state index contributed by atoms with van der Waals surface area (Å²) in [6.07, 6.45) is 2.64. The lowest BCUT2D eigenvalue weighted by atomic mass is 10.0. The largest absolute Gasteiger partial charge is 0.373 e. The fraction of sp³-hybridized carbons (Fsp3) is 0.467. The molecule has 1 amide bonds. The van der Waals surface area contributed by atoms with Crippen LogP contribution in [0.15, 0.2) is 22.8 Å². The number of fused-ring (bicyclic) bond motifs is 1. The number of anilines is 1. The minimum atomic E-state index is -0.0177. The van der Waals surface area contributed by atoms with E-state index in [4.69, 9.17) is 0 Å². The van der Waals surface area contributed by atoms with Crippen molar-refractivity contribution in [1.29, 1.82) is 0 Å². The Hall–Kier alpha value is -1.56. The second kappa shape index (κ2) is 6.93. The van der Waals surface area contributed by atoms with E-state index in [1.807, 2.05) is 33.2 Å². The molecule has 0 unspecified atom stereocenters. The molecule has 0 aliphatic carbocycles. The number of aromatic amines is 1. The van der Waals surface area contributed by atoms with Gasteiger partial charge in [-0.3, -0.25) is 9.89 Å². The number of hydrogen-bond acceptors (Lipinski definition) is 3. The number of carbonyl (C=O) groups is 1. The van der Waals surface area contributed by atoms with E-state index in [2.05, 4.69) is 42.4 Å². The number of carbonyl (C=O) groups excluding carboxylic acids is 1. The number of hydrogen-bond donors (Lipinski definition) is 2. The first-order valence-electron chi connectivity index (χ1n) is 7.18. The molecule has 0 fully saturated rings. The molecule has 2 N–H and O–H groups in total. The van der Waals surface area contributed by atoms with Crippen LogP contribution in [0.2, 0.25) is 0 Å². The van der Waals surface area contributed by atoms with Gasteiger partial charge in [0, 0.05) is 35.7 Å². The average molecular weight is 353 g/mol. The molecular formula is C15H21BrN4O. The molecule has 6 heteroatoms. The molecule has 0 spiro atoms. The van der Waals surface area contributed by atoms with Crippen LogP contribution in [0.4, 0.5) is 5.69 Å². The summed E-state index contributed by atoms with van der Waals surface area (Å²) in [7, 11) is 2.01. The standard InChI is InChI=1S/C15H21BrN4O/c1-4-10(15(21)17-5-2)9-20(3)14-7-11(16)6-13-12(14)8-18-19-13/h6-8,10H,4-5,9H2,1-3H3,(H,17,21)(H,18,19)/t10-/m1/s1. The van der Waals surface area contributed by atoms with Gasteiger partial charge < -0.3 is 10.2 Å². The van der Waals surface area contributed by atoms with Gasteiger partial charge in [-0.25, -0.2) is 0 Å². The Bertz CT molecular complexity index is 625. The molecule has 1 heterocycles. The predicted molar refractivity (Wildman–Crippen MR) is 89.5 cm³/mol. The Morgan fingerprint density at radius 3 is 2.90 bits per heavy atom. The SMILES string of the molecule is CCNC(=O)[C@H](CC)CN(C)c1cc(Br)cc2[nH]ncc12. The summed E-state index contributed by atoms with van der Waals surface area (Å²) in [5.41, 5.74) is 2.05. The van der Waals surface area contributed by atoms with E-state index in [9.17, 15) is 4.79 Å². The van der Waals surface area contributed by atoms with Gasteiger partial charge in [-0.1, -0.05) is 22.9 Å². The Balaban J connectivity index is 2.23. The zero-order valence-corrected chi connectivity index (χ0v) is 14.2. The molecule has 0 aliphatic heterocycles. The molecule has 0 bridgehead atoms. The van der Waals surface area contributed by atoms with E-state index in [0.717, 1.165) is 27.5 Å². The van der Waals surface area contributed by atoms with Crippen LogP contribution in [0.25, 0.3) is 10.9 Å². The van der Waals surface area contributed by atoms with Crippen molar-refractivity contribution in [2.24, 2.45) is 5.92 Å². The van der Waals surface area contributed by atoms with Gasteiger partial charge in [-0.05, 0) is 25.5 Å². The molecule has 0 saturated carbocycles. The van der Waals surface area contributed by atoms with Crippen molar-refractivity contribution < 1.29 is 4.79 Å². The van der Waals surface area contributed by atoms with Crippen LogP contribution in [0.5, 0.6) is 0 Å². The Kier molecular flexibility index (Phi) is 5.22. The zero-order valence-electron chi connectivity index (χ0n) is 12.6. The molecule has 2 rings (SSSR count). The van der Waals surface area contributed by atoms with E-state index in [1.54, 1.807) is 0 Å². The minimum absolute atomic E-state index is 0.0177. The second-order valence-electron chi connectivity index (χ2n) is 5.14. The fourth-order valence-corrected chi connectivity index (χ4v) is 2.90. The summed E-state index contributed by atoms with van der Waals surface area (Å²) in [5.74, 6) is 0.0983. The monoisotopic (exact) mass is 352 g/mol.